The van der Waals surface area contributed by atoms with Gasteiger partial charge in [0.1, 0.15) is 23.6 Å². The summed E-state index contributed by atoms with van der Waals surface area (Å²) in [6.45, 7) is 1.65. The van der Waals surface area contributed by atoms with Crippen molar-refractivity contribution in [3.63, 3.8) is 0 Å². The minimum absolute atomic E-state index is 0.00243. The van der Waals surface area contributed by atoms with E-state index in [4.69, 9.17) is 21.1 Å². The van der Waals surface area contributed by atoms with E-state index in [1.165, 1.54) is 11.1 Å². The maximum absolute atomic E-state index is 16.6. The van der Waals surface area contributed by atoms with Gasteiger partial charge in [0, 0.05) is 61.5 Å². The molecule has 0 bridgehead atoms. The van der Waals surface area contributed by atoms with Crippen LogP contribution in [0.15, 0.2) is 42.6 Å². The predicted molar refractivity (Wildman–Crippen MR) is 164 cm³/mol. The smallest absolute Gasteiger partial charge is 0.407 e. The molecule has 13 heteroatoms. The Morgan fingerprint density at radius 1 is 1.18 bits per heavy atom. The number of likely N-dealkylation sites (N-methyl/N-ethyl adjacent to an activating group) is 1. The minimum Gasteiger partial charge on any atom is -0.465 e. The Hall–Kier alpha value is -4.31. The maximum Gasteiger partial charge on any atom is 0.407 e. The Morgan fingerprint density at radius 2 is 1.98 bits per heavy atom. The van der Waals surface area contributed by atoms with E-state index in [-0.39, 0.29) is 62.0 Å². The molecule has 6 rings (SSSR count). The molecule has 2 aliphatic rings. The fourth-order valence-corrected chi connectivity index (χ4v) is 6.44. The summed E-state index contributed by atoms with van der Waals surface area (Å²) in [7, 11) is 3.67. The number of pyridine rings is 1. The van der Waals surface area contributed by atoms with Gasteiger partial charge in [0.25, 0.3) is 0 Å². The topological polar surface area (TPSA) is 128 Å². The van der Waals surface area contributed by atoms with Crippen molar-refractivity contribution in [1.82, 2.24) is 24.8 Å². The minimum atomic E-state index is -1.09. The zero-order chi connectivity index (χ0) is 31.0. The molecule has 3 atom stereocenters. The number of halogens is 2. The van der Waals surface area contributed by atoms with Gasteiger partial charge in [0.05, 0.1) is 30.0 Å². The normalized spacial score (nSPS) is 20.8. The van der Waals surface area contributed by atoms with E-state index in [9.17, 15) is 15.2 Å². The van der Waals surface area contributed by atoms with Crippen molar-refractivity contribution in [1.29, 1.82) is 5.26 Å². The molecule has 0 spiro atoms. The number of methoxy groups -OCH3 is 1. The van der Waals surface area contributed by atoms with Crippen molar-refractivity contribution in [3.05, 3.63) is 53.4 Å². The summed E-state index contributed by atoms with van der Waals surface area (Å²) in [6, 6.07) is 12.5. The van der Waals surface area contributed by atoms with E-state index in [1.807, 2.05) is 36.2 Å². The highest BCUT2D eigenvalue weighted by molar-refractivity contribution is 6.36. The van der Waals surface area contributed by atoms with E-state index >= 15 is 4.39 Å². The predicted octanol–water partition coefficient (Wildman–Crippen LogP) is 4.82. The molecule has 44 heavy (non-hydrogen) atoms. The molecule has 2 fully saturated rings. The first kappa shape index (κ1) is 29.7. The van der Waals surface area contributed by atoms with Crippen LogP contribution < -0.4 is 9.64 Å². The zero-order valence-electron chi connectivity index (χ0n) is 24.3. The molecule has 2 saturated heterocycles. The fraction of sp³-hybridized carbons (Fsp3) is 0.387. The quantitative estimate of drug-likeness (QED) is 0.307. The first-order valence-electron chi connectivity index (χ1n) is 14.3. The number of rotatable bonds is 7. The number of carbonyl (C=O) groups is 1. The molecule has 4 aromatic rings. The van der Waals surface area contributed by atoms with Crippen molar-refractivity contribution in [2.75, 3.05) is 51.8 Å². The van der Waals surface area contributed by atoms with Gasteiger partial charge in [-0.15, -0.1) is 0 Å². The van der Waals surface area contributed by atoms with Crippen molar-refractivity contribution in [2.45, 2.75) is 31.0 Å². The number of ether oxygens (including phenoxy) is 2. The lowest BCUT2D eigenvalue weighted by atomic mass is 10.0. The number of aromatic nitrogens is 3. The summed E-state index contributed by atoms with van der Waals surface area (Å²) in [4.78, 5) is 30.8. The molecule has 2 aromatic carbocycles. The van der Waals surface area contributed by atoms with Gasteiger partial charge in [0.15, 0.2) is 5.82 Å². The number of piperazine rings is 1. The molecule has 0 saturated carbocycles. The van der Waals surface area contributed by atoms with Gasteiger partial charge in [-0.05, 0) is 24.9 Å². The van der Waals surface area contributed by atoms with Gasteiger partial charge in [-0.2, -0.15) is 15.2 Å². The highest BCUT2D eigenvalue weighted by Crippen LogP contribution is 2.37. The van der Waals surface area contributed by atoms with Crippen LogP contribution in [0, 0.1) is 17.1 Å². The lowest BCUT2D eigenvalue weighted by molar-refractivity contribution is 0.111. The fourth-order valence-electron chi connectivity index (χ4n) is 6.15. The first-order valence-corrected chi connectivity index (χ1v) is 14.7. The van der Waals surface area contributed by atoms with Crippen LogP contribution in [0.3, 0.4) is 0 Å². The molecule has 1 amide bonds. The summed E-state index contributed by atoms with van der Waals surface area (Å²) in [5, 5.41) is 21.4. The third kappa shape index (κ3) is 5.54. The van der Waals surface area contributed by atoms with Gasteiger partial charge in [0.2, 0.25) is 0 Å². The number of hydrogen-bond donors (Lipinski definition) is 1. The van der Waals surface area contributed by atoms with E-state index in [0.29, 0.717) is 27.2 Å². The van der Waals surface area contributed by atoms with Gasteiger partial charge >= 0.3 is 12.1 Å². The first-order chi connectivity index (χ1) is 21.3. The van der Waals surface area contributed by atoms with Crippen LogP contribution in [0.2, 0.25) is 5.02 Å². The Labute approximate surface area is 258 Å². The molecule has 11 nitrogen and oxygen atoms in total. The Bertz CT molecular complexity index is 1760. The molecule has 0 radical (unpaired) electrons. The van der Waals surface area contributed by atoms with Gasteiger partial charge in [-0.1, -0.05) is 41.9 Å². The molecule has 0 aliphatic carbocycles. The lowest BCUT2D eigenvalue weighted by Gasteiger charge is -2.39. The van der Waals surface area contributed by atoms with Gasteiger partial charge in [-0.25, -0.2) is 9.18 Å². The van der Waals surface area contributed by atoms with Crippen LogP contribution in [-0.2, 0) is 4.74 Å². The Balaban J connectivity index is 1.44. The lowest BCUT2D eigenvalue weighted by Crippen LogP contribution is -2.55. The number of amides is 1. The molecule has 4 heterocycles. The van der Waals surface area contributed by atoms with E-state index in [2.05, 4.69) is 25.9 Å². The molecule has 228 valence electrons. The number of anilines is 1. The second-order valence-corrected chi connectivity index (χ2v) is 11.5. The molecule has 2 aliphatic heterocycles. The van der Waals surface area contributed by atoms with Gasteiger partial charge in [-0.3, -0.25) is 9.88 Å². The second-order valence-electron chi connectivity index (χ2n) is 11.1. The van der Waals surface area contributed by atoms with Crippen molar-refractivity contribution in [3.8, 4) is 23.3 Å². The van der Waals surface area contributed by atoms with Crippen molar-refractivity contribution >= 4 is 45.2 Å². The Kier molecular flexibility index (Phi) is 8.35. The summed E-state index contributed by atoms with van der Waals surface area (Å²) in [5.41, 5.74) is 0.631. The molecule has 2 aromatic heterocycles. The van der Waals surface area contributed by atoms with Gasteiger partial charge < -0.3 is 24.4 Å². The number of carboxylic acid groups (broad SMARTS) is 1. The van der Waals surface area contributed by atoms with Crippen LogP contribution in [-0.4, -0.2) is 101 Å². The van der Waals surface area contributed by atoms with Crippen molar-refractivity contribution < 1.29 is 23.8 Å². The number of nitriles is 1. The highest BCUT2D eigenvalue weighted by atomic mass is 35.5. The van der Waals surface area contributed by atoms with Crippen LogP contribution in [0.1, 0.15) is 12.8 Å². The van der Waals surface area contributed by atoms with Crippen molar-refractivity contribution in [2.24, 2.45) is 0 Å². The SMILES string of the molecule is CO[C@@H]1C[C@@H](COc2nc(N3CCN(C(=O)O)C(CC#N)C3)c3cnc(-c4cccc5cccc(Cl)c45)c(F)c3n2)N(C)C1. The molecular weight excluding hydrogens is 589 g/mol. The standard InChI is InChI=1S/C31H31ClFN7O4/c1-38-16-21(43-2)13-20(38)17-44-30-36-28-23(29(37-30)39-11-12-40(31(41)42)19(15-39)9-10-34)14-35-27(26(28)33)22-7-3-5-18-6-4-8-24(32)25(18)22/h3-8,14,19-21H,9,11-13,15-17H2,1-2H3,(H,41,42)/t19?,20-,21+/m0/s1. The maximum atomic E-state index is 16.6. The summed E-state index contributed by atoms with van der Waals surface area (Å²) in [6.07, 6.45) is 1.29. The average Bonchev–Trinajstić information content (AvgIpc) is 3.39. The molecule has 1 unspecified atom stereocenters. The number of fused-ring (bicyclic) bond motifs is 2. The largest absolute Gasteiger partial charge is 0.465 e. The highest BCUT2D eigenvalue weighted by Gasteiger charge is 2.33. The van der Waals surface area contributed by atoms with Crippen LogP contribution >= 0.6 is 11.6 Å². The monoisotopic (exact) mass is 619 g/mol. The summed E-state index contributed by atoms with van der Waals surface area (Å²) in [5.74, 6) is -0.292. The Morgan fingerprint density at radius 3 is 2.70 bits per heavy atom. The van der Waals surface area contributed by atoms with Crippen LogP contribution in [0.5, 0.6) is 6.01 Å². The third-order valence-electron chi connectivity index (χ3n) is 8.50. The number of hydrogen-bond acceptors (Lipinski definition) is 9. The van der Waals surface area contributed by atoms with Crippen LogP contribution in [0.4, 0.5) is 15.0 Å². The summed E-state index contributed by atoms with van der Waals surface area (Å²) >= 11 is 6.56. The second kappa shape index (κ2) is 12.4. The molecular formula is C31H31ClFN7O4. The number of benzene rings is 2. The van der Waals surface area contributed by atoms with E-state index < -0.39 is 18.0 Å². The van der Waals surface area contributed by atoms with E-state index in [1.54, 1.807) is 19.2 Å². The zero-order valence-corrected chi connectivity index (χ0v) is 25.0. The average molecular weight is 620 g/mol. The number of likely N-dealkylation sites (tertiary alicyclic amines) is 1. The van der Waals surface area contributed by atoms with E-state index in [0.717, 1.165) is 18.4 Å². The third-order valence-corrected chi connectivity index (χ3v) is 8.81. The number of nitrogens with zero attached hydrogens (tertiary/aromatic N) is 7. The summed E-state index contributed by atoms with van der Waals surface area (Å²) < 4.78 is 28.2. The molecule has 1 N–H and O–H groups in total. The van der Waals surface area contributed by atoms with Crippen LogP contribution in [0.25, 0.3) is 32.9 Å².